The number of hydrogen-bond donors (Lipinski definition) is 2. The summed E-state index contributed by atoms with van der Waals surface area (Å²) >= 11 is 0. The van der Waals surface area contributed by atoms with Crippen LogP contribution in [0.4, 0.5) is 18.9 Å². The van der Waals surface area contributed by atoms with Gasteiger partial charge in [0.25, 0.3) is 0 Å². The molecule has 1 fully saturated rings. The van der Waals surface area contributed by atoms with E-state index in [1.807, 2.05) is 4.90 Å². The zero-order chi connectivity index (χ0) is 19.5. The van der Waals surface area contributed by atoms with Gasteiger partial charge in [0.2, 0.25) is 11.8 Å². The van der Waals surface area contributed by atoms with Crippen LogP contribution in [0.1, 0.15) is 24.2 Å². The number of alkyl halides is 3. The Morgan fingerprint density at radius 1 is 1.27 bits per heavy atom. The number of carbonyl (C=O) groups excluding carboxylic acids is 2. The van der Waals surface area contributed by atoms with E-state index in [1.54, 1.807) is 26.0 Å². The second-order valence-corrected chi connectivity index (χ2v) is 6.54. The third-order valence-electron chi connectivity index (χ3n) is 4.54. The van der Waals surface area contributed by atoms with E-state index in [4.69, 9.17) is 5.73 Å². The molecule has 1 saturated heterocycles. The number of nitrogens with two attached hydrogens (primary N) is 1. The topological polar surface area (TPSA) is 78.7 Å². The van der Waals surface area contributed by atoms with Crippen LogP contribution in [0.2, 0.25) is 0 Å². The van der Waals surface area contributed by atoms with Crippen LogP contribution in [0.25, 0.3) is 0 Å². The van der Waals surface area contributed by atoms with E-state index in [0.29, 0.717) is 24.3 Å². The molecule has 6 nitrogen and oxygen atoms in total. The van der Waals surface area contributed by atoms with E-state index in [9.17, 15) is 22.8 Å². The van der Waals surface area contributed by atoms with Crippen molar-refractivity contribution in [3.63, 3.8) is 0 Å². The number of amides is 2. The van der Waals surface area contributed by atoms with Gasteiger partial charge in [-0.05, 0) is 38.1 Å². The molecule has 1 heterocycles. The van der Waals surface area contributed by atoms with Crippen LogP contribution in [0.15, 0.2) is 24.3 Å². The van der Waals surface area contributed by atoms with Gasteiger partial charge in [0.1, 0.15) is 0 Å². The van der Waals surface area contributed by atoms with Crippen molar-refractivity contribution in [3.05, 3.63) is 29.8 Å². The maximum absolute atomic E-state index is 12.6. The van der Waals surface area contributed by atoms with Crippen molar-refractivity contribution in [1.29, 1.82) is 0 Å². The van der Waals surface area contributed by atoms with Crippen LogP contribution in [0.5, 0.6) is 0 Å². The van der Waals surface area contributed by atoms with Gasteiger partial charge >= 0.3 is 6.18 Å². The Morgan fingerprint density at radius 2 is 1.88 bits per heavy atom. The molecule has 2 rings (SSSR count). The molecule has 2 atom stereocenters. The normalized spacial score (nSPS) is 20.6. The van der Waals surface area contributed by atoms with Crippen LogP contribution in [0.3, 0.4) is 0 Å². The van der Waals surface area contributed by atoms with Gasteiger partial charge in [-0.25, -0.2) is 0 Å². The Hall–Kier alpha value is -2.13. The number of anilines is 1. The molecule has 0 bridgehead atoms. The molecule has 144 valence electrons. The van der Waals surface area contributed by atoms with Gasteiger partial charge in [-0.15, -0.1) is 0 Å². The van der Waals surface area contributed by atoms with E-state index < -0.39 is 24.7 Å². The summed E-state index contributed by atoms with van der Waals surface area (Å²) in [6, 6.07) is 5.40. The summed E-state index contributed by atoms with van der Waals surface area (Å²) in [7, 11) is 0. The minimum absolute atomic E-state index is 0.256. The van der Waals surface area contributed by atoms with Crippen molar-refractivity contribution in [2.45, 2.75) is 32.1 Å². The van der Waals surface area contributed by atoms with Crippen molar-refractivity contribution in [1.82, 2.24) is 9.80 Å². The number of rotatable bonds is 5. The molecule has 0 spiro atoms. The quantitative estimate of drug-likeness (QED) is 0.824. The maximum Gasteiger partial charge on any atom is 0.401 e. The number of nitrogens with one attached hydrogen (secondary N) is 1. The Labute approximate surface area is 150 Å². The highest BCUT2D eigenvalue weighted by Crippen LogP contribution is 2.21. The lowest BCUT2D eigenvalue weighted by molar-refractivity contribution is -0.156. The molecular weight excluding hydrogens is 349 g/mol. The summed E-state index contributed by atoms with van der Waals surface area (Å²) in [5, 5.41) is 2.74. The lowest BCUT2D eigenvalue weighted by Crippen LogP contribution is -2.58. The standard InChI is InChI=1S/C17H23F3N4O2/c1-11-9-23(7-8-24(11)10-17(18,19)20)12(2)16(26)22-14-5-3-13(4-6-14)15(21)25/h3-6,11-12H,7-10H2,1-2H3,(H2,21,25)(H,22,26)/t11-,12+/m0/s1. The number of primary amides is 1. The van der Waals surface area contributed by atoms with Gasteiger partial charge in [0.05, 0.1) is 12.6 Å². The number of benzene rings is 1. The van der Waals surface area contributed by atoms with Crippen LogP contribution in [-0.4, -0.2) is 66.1 Å². The monoisotopic (exact) mass is 372 g/mol. The van der Waals surface area contributed by atoms with Crippen LogP contribution < -0.4 is 11.1 Å². The fourth-order valence-corrected chi connectivity index (χ4v) is 2.97. The van der Waals surface area contributed by atoms with E-state index in [2.05, 4.69) is 5.32 Å². The van der Waals surface area contributed by atoms with E-state index >= 15 is 0 Å². The molecule has 2 amide bonds. The zero-order valence-corrected chi connectivity index (χ0v) is 14.7. The molecule has 1 aliphatic rings. The molecule has 0 unspecified atom stereocenters. The Morgan fingerprint density at radius 3 is 2.38 bits per heavy atom. The molecule has 0 aliphatic carbocycles. The highest BCUT2D eigenvalue weighted by atomic mass is 19.4. The minimum atomic E-state index is -4.23. The largest absolute Gasteiger partial charge is 0.401 e. The lowest BCUT2D eigenvalue weighted by atomic mass is 10.1. The maximum atomic E-state index is 12.6. The molecule has 1 aromatic carbocycles. The summed E-state index contributed by atoms with van der Waals surface area (Å²) in [6.07, 6.45) is -4.23. The summed E-state index contributed by atoms with van der Waals surface area (Å²) < 4.78 is 37.7. The Balaban J connectivity index is 1.91. The fraction of sp³-hybridized carbons (Fsp3) is 0.529. The average molecular weight is 372 g/mol. The number of hydrogen-bond acceptors (Lipinski definition) is 4. The highest BCUT2D eigenvalue weighted by molar-refractivity contribution is 5.96. The van der Waals surface area contributed by atoms with Crippen molar-refractivity contribution < 1.29 is 22.8 Å². The number of halogens is 3. The number of carbonyl (C=O) groups is 2. The first-order valence-corrected chi connectivity index (χ1v) is 8.32. The van der Waals surface area contributed by atoms with Gasteiger partial charge in [-0.2, -0.15) is 13.2 Å². The molecule has 1 aliphatic heterocycles. The molecule has 0 radical (unpaired) electrons. The first-order chi connectivity index (χ1) is 12.1. The SMILES string of the molecule is C[C@H](C(=O)Nc1ccc(C(N)=O)cc1)N1CCN(CC(F)(F)F)[C@@H](C)C1. The summed E-state index contributed by atoms with van der Waals surface area (Å²) in [5.74, 6) is -0.810. The first kappa shape index (κ1) is 20.2. The average Bonchev–Trinajstić information content (AvgIpc) is 2.55. The van der Waals surface area contributed by atoms with Gasteiger partial charge in [-0.3, -0.25) is 19.4 Å². The highest BCUT2D eigenvalue weighted by Gasteiger charge is 2.36. The van der Waals surface area contributed by atoms with Gasteiger partial charge in [-0.1, -0.05) is 0 Å². The molecule has 9 heteroatoms. The van der Waals surface area contributed by atoms with Gasteiger partial charge in [0.15, 0.2) is 0 Å². The molecule has 0 aromatic heterocycles. The minimum Gasteiger partial charge on any atom is -0.366 e. The van der Waals surface area contributed by atoms with Crippen molar-refractivity contribution >= 4 is 17.5 Å². The van der Waals surface area contributed by atoms with Gasteiger partial charge in [0, 0.05) is 36.9 Å². The molecule has 1 aromatic rings. The predicted octanol–water partition coefficient (Wildman–Crippen LogP) is 1.68. The number of nitrogens with zero attached hydrogens (tertiary/aromatic N) is 2. The second kappa shape index (κ2) is 8.05. The van der Waals surface area contributed by atoms with Crippen LogP contribution >= 0.6 is 0 Å². The van der Waals surface area contributed by atoms with Crippen molar-refractivity contribution in [2.75, 3.05) is 31.5 Å². The van der Waals surface area contributed by atoms with E-state index in [1.165, 1.54) is 17.0 Å². The summed E-state index contributed by atoms with van der Waals surface area (Å²) in [5.41, 5.74) is 6.03. The summed E-state index contributed by atoms with van der Waals surface area (Å²) in [4.78, 5) is 26.7. The van der Waals surface area contributed by atoms with Crippen molar-refractivity contribution in [3.8, 4) is 0 Å². The predicted molar refractivity (Wildman–Crippen MR) is 91.7 cm³/mol. The third-order valence-corrected chi connectivity index (χ3v) is 4.54. The smallest absolute Gasteiger partial charge is 0.366 e. The fourth-order valence-electron chi connectivity index (χ4n) is 2.97. The molecule has 0 saturated carbocycles. The first-order valence-electron chi connectivity index (χ1n) is 8.32. The van der Waals surface area contributed by atoms with E-state index in [-0.39, 0.29) is 18.5 Å². The van der Waals surface area contributed by atoms with Crippen LogP contribution in [-0.2, 0) is 4.79 Å². The Bertz CT molecular complexity index is 648. The summed E-state index contributed by atoms with van der Waals surface area (Å²) in [6.45, 7) is 3.53. The number of piperazine rings is 1. The second-order valence-electron chi connectivity index (χ2n) is 6.54. The lowest BCUT2D eigenvalue weighted by Gasteiger charge is -2.42. The third kappa shape index (κ3) is 5.43. The molecular formula is C17H23F3N4O2. The Kier molecular flexibility index (Phi) is 6.25. The van der Waals surface area contributed by atoms with Crippen LogP contribution in [0, 0.1) is 0 Å². The van der Waals surface area contributed by atoms with Crippen molar-refractivity contribution in [2.24, 2.45) is 5.73 Å². The zero-order valence-electron chi connectivity index (χ0n) is 14.7. The van der Waals surface area contributed by atoms with Gasteiger partial charge < -0.3 is 11.1 Å². The molecule has 3 N–H and O–H groups in total. The van der Waals surface area contributed by atoms with E-state index in [0.717, 1.165) is 0 Å². The molecule has 26 heavy (non-hydrogen) atoms.